The molecule has 88 valence electrons. The lowest BCUT2D eigenvalue weighted by Gasteiger charge is -2.14. The Morgan fingerprint density at radius 3 is 2.18 bits per heavy atom. The van der Waals surface area contributed by atoms with Gasteiger partial charge >= 0.3 is 0 Å². The van der Waals surface area contributed by atoms with E-state index in [-0.39, 0.29) is 0 Å². The predicted molar refractivity (Wildman–Crippen MR) is 70.1 cm³/mol. The van der Waals surface area contributed by atoms with Gasteiger partial charge in [-0.05, 0) is 21.3 Å². The first-order valence-electron chi connectivity index (χ1n) is 5.02. The van der Waals surface area contributed by atoms with Gasteiger partial charge in [-0.3, -0.25) is 4.79 Å². The summed E-state index contributed by atoms with van der Waals surface area (Å²) < 4.78 is 11.3. The number of ether oxygens (including phenoxy) is 2. The highest BCUT2D eigenvalue weighted by atomic mass is 79.9. The summed E-state index contributed by atoms with van der Waals surface area (Å²) in [7, 11) is 3.12. The van der Waals surface area contributed by atoms with Crippen molar-refractivity contribution < 1.29 is 14.3 Å². The Bertz CT molecular complexity index is 578. The third-order valence-corrected chi connectivity index (χ3v) is 3.35. The molecule has 0 N–H and O–H groups in total. The molecule has 0 saturated carbocycles. The van der Waals surface area contributed by atoms with Crippen LogP contribution in [0.25, 0.3) is 10.8 Å². The van der Waals surface area contributed by atoms with E-state index in [4.69, 9.17) is 9.47 Å². The highest BCUT2D eigenvalue weighted by Crippen LogP contribution is 2.43. The summed E-state index contributed by atoms with van der Waals surface area (Å²) in [4.78, 5) is 11.2. The lowest BCUT2D eigenvalue weighted by Crippen LogP contribution is -1.97. The zero-order valence-electron chi connectivity index (χ0n) is 9.49. The molecule has 0 radical (unpaired) electrons. The lowest BCUT2D eigenvalue weighted by molar-refractivity contribution is 0.112. The number of aldehydes is 1. The SMILES string of the molecule is COc1c(Br)c(OC)c2ccccc2c1C=O. The van der Waals surface area contributed by atoms with Gasteiger partial charge in [-0.1, -0.05) is 24.3 Å². The van der Waals surface area contributed by atoms with Crippen LogP contribution >= 0.6 is 15.9 Å². The molecule has 3 nitrogen and oxygen atoms in total. The zero-order valence-corrected chi connectivity index (χ0v) is 11.1. The van der Waals surface area contributed by atoms with Gasteiger partial charge in [-0.2, -0.15) is 0 Å². The Hall–Kier alpha value is -1.55. The third kappa shape index (κ3) is 1.78. The molecule has 0 heterocycles. The molecule has 2 rings (SSSR count). The molecule has 0 unspecified atom stereocenters. The second-order valence-electron chi connectivity index (χ2n) is 3.46. The first-order chi connectivity index (χ1) is 8.24. The summed E-state index contributed by atoms with van der Waals surface area (Å²) in [5, 5.41) is 1.70. The van der Waals surface area contributed by atoms with Crippen LogP contribution < -0.4 is 9.47 Å². The number of benzene rings is 2. The Morgan fingerprint density at radius 1 is 1.06 bits per heavy atom. The van der Waals surface area contributed by atoms with E-state index in [1.807, 2.05) is 24.3 Å². The minimum Gasteiger partial charge on any atom is -0.495 e. The minimum atomic E-state index is 0.496. The topological polar surface area (TPSA) is 35.5 Å². The summed E-state index contributed by atoms with van der Waals surface area (Å²) in [5.74, 6) is 1.17. The van der Waals surface area contributed by atoms with E-state index in [0.717, 1.165) is 17.1 Å². The first-order valence-corrected chi connectivity index (χ1v) is 5.81. The van der Waals surface area contributed by atoms with E-state index in [1.54, 1.807) is 7.11 Å². The molecule has 17 heavy (non-hydrogen) atoms. The minimum absolute atomic E-state index is 0.496. The highest BCUT2D eigenvalue weighted by Gasteiger charge is 2.18. The van der Waals surface area contributed by atoms with Crippen molar-refractivity contribution in [2.24, 2.45) is 0 Å². The van der Waals surface area contributed by atoms with Crippen LogP contribution in [0.4, 0.5) is 0 Å². The molecule has 0 spiro atoms. The van der Waals surface area contributed by atoms with Gasteiger partial charge in [0.15, 0.2) is 6.29 Å². The van der Waals surface area contributed by atoms with Crippen molar-refractivity contribution in [2.75, 3.05) is 14.2 Å². The molecule has 4 heteroatoms. The zero-order chi connectivity index (χ0) is 12.4. The largest absolute Gasteiger partial charge is 0.495 e. The molecule has 0 aromatic heterocycles. The van der Waals surface area contributed by atoms with Gasteiger partial charge in [0.1, 0.15) is 16.0 Å². The average Bonchev–Trinajstić information content (AvgIpc) is 2.37. The maximum Gasteiger partial charge on any atom is 0.154 e. The number of hydrogen-bond acceptors (Lipinski definition) is 3. The van der Waals surface area contributed by atoms with E-state index in [9.17, 15) is 4.79 Å². The quantitative estimate of drug-likeness (QED) is 0.814. The van der Waals surface area contributed by atoms with Crippen LogP contribution in [-0.4, -0.2) is 20.5 Å². The van der Waals surface area contributed by atoms with Gasteiger partial charge in [0.05, 0.1) is 19.8 Å². The summed E-state index contributed by atoms with van der Waals surface area (Å²) in [6.07, 6.45) is 0.797. The van der Waals surface area contributed by atoms with Gasteiger partial charge in [-0.25, -0.2) is 0 Å². The van der Waals surface area contributed by atoms with E-state index in [1.165, 1.54) is 7.11 Å². The van der Waals surface area contributed by atoms with E-state index in [0.29, 0.717) is 21.5 Å². The van der Waals surface area contributed by atoms with Crippen LogP contribution in [0.1, 0.15) is 10.4 Å². The van der Waals surface area contributed by atoms with Crippen LogP contribution in [0.5, 0.6) is 11.5 Å². The van der Waals surface area contributed by atoms with Gasteiger partial charge in [0.2, 0.25) is 0 Å². The molecule has 2 aromatic rings. The lowest BCUT2D eigenvalue weighted by atomic mass is 10.0. The van der Waals surface area contributed by atoms with Crippen molar-refractivity contribution in [1.29, 1.82) is 0 Å². The fraction of sp³-hybridized carbons (Fsp3) is 0.154. The number of carbonyl (C=O) groups excluding carboxylic acids is 1. The van der Waals surface area contributed by atoms with Crippen LogP contribution in [0.2, 0.25) is 0 Å². The molecule has 0 fully saturated rings. The fourth-order valence-electron chi connectivity index (χ4n) is 1.89. The molecular formula is C13H11BrO3. The number of carbonyl (C=O) groups is 1. The van der Waals surface area contributed by atoms with Crippen molar-refractivity contribution in [3.05, 3.63) is 34.3 Å². The number of fused-ring (bicyclic) bond motifs is 1. The van der Waals surface area contributed by atoms with E-state index in [2.05, 4.69) is 15.9 Å². The Labute approximate surface area is 107 Å². The molecule has 0 amide bonds. The molecule has 0 aliphatic carbocycles. The second kappa shape index (κ2) is 4.75. The molecule has 0 aliphatic rings. The summed E-state index contributed by atoms with van der Waals surface area (Å²) >= 11 is 3.41. The van der Waals surface area contributed by atoms with Crippen molar-refractivity contribution in [2.45, 2.75) is 0 Å². The normalized spacial score (nSPS) is 10.3. The molecule has 0 aliphatic heterocycles. The van der Waals surface area contributed by atoms with Crippen molar-refractivity contribution in [3.63, 3.8) is 0 Å². The second-order valence-corrected chi connectivity index (χ2v) is 4.25. The standard InChI is InChI=1S/C13H11BrO3/c1-16-12-9-6-4-3-5-8(9)10(7-15)13(17-2)11(12)14/h3-7H,1-2H3. The highest BCUT2D eigenvalue weighted by molar-refractivity contribution is 9.10. The summed E-state index contributed by atoms with van der Waals surface area (Å²) in [6, 6.07) is 7.56. The van der Waals surface area contributed by atoms with Gasteiger partial charge in [0.25, 0.3) is 0 Å². The first kappa shape index (κ1) is 11.9. The van der Waals surface area contributed by atoms with Gasteiger partial charge < -0.3 is 9.47 Å². The molecule has 0 saturated heterocycles. The molecule has 0 bridgehead atoms. The maximum absolute atomic E-state index is 11.2. The fourth-order valence-corrected chi connectivity index (χ4v) is 2.64. The number of rotatable bonds is 3. The monoisotopic (exact) mass is 294 g/mol. The summed E-state index contributed by atoms with van der Waals surface area (Å²) in [6.45, 7) is 0. The van der Waals surface area contributed by atoms with Crippen LogP contribution in [0, 0.1) is 0 Å². The molecule has 2 aromatic carbocycles. The maximum atomic E-state index is 11.2. The smallest absolute Gasteiger partial charge is 0.154 e. The Balaban J connectivity index is 2.99. The summed E-state index contributed by atoms with van der Waals surface area (Å²) in [5.41, 5.74) is 0.524. The number of methoxy groups -OCH3 is 2. The van der Waals surface area contributed by atoms with Gasteiger partial charge in [0, 0.05) is 5.39 Å². The van der Waals surface area contributed by atoms with Crippen LogP contribution in [0.15, 0.2) is 28.7 Å². The van der Waals surface area contributed by atoms with Crippen molar-refractivity contribution >= 4 is 33.0 Å². The van der Waals surface area contributed by atoms with E-state index < -0.39 is 0 Å². The Morgan fingerprint density at radius 2 is 1.65 bits per heavy atom. The average molecular weight is 295 g/mol. The molecule has 0 atom stereocenters. The van der Waals surface area contributed by atoms with Crippen LogP contribution in [0.3, 0.4) is 0 Å². The van der Waals surface area contributed by atoms with E-state index >= 15 is 0 Å². The number of halogens is 1. The van der Waals surface area contributed by atoms with Crippen molar-refractivity contribution in [3.8, 4) is 11.5 Å². The van der Waals surface area contributed by atoms with Gasteiger partial charge in [-0.15, -0.1) is 0 Å². The number of hydrogen-bond donors (Lipinski definition) is 0. The Kier molecular flexibility index (Phi) is 3.33. The van der Waals surface area contributed by atoms with Crippen LogP contribution in [-0.2, 0) is 0 Å². The third-order valence-electron chi connectivity index (χ3n) is 2.63. The predicted octanol–water partition coefficient (Wildman–Crippen LogP) is 3.43. The molecular weight excluding hydrogens is 284 g/mol. The van der Waals surface area contributed by atoms with Crippen molar-refractivity contribution in [1.82, 2.24) is 0 Å².